The number of hydrogen-bond donors (Lipinski definition) is 1. The number of benzene rings is 1. The van der Waals surface area contributed by atoms with Crippen LogP contribution in [0.25, 0.3) is 22.0 Å². The smallest absolute Gasteiger partial charge is 0.261 e. The van der Waals surface area contributed by atoms with Crippen LogP contribution >= 0.6 is 0 Å². The van der Waals surface area contributed by atoms with E-state index >= 15 is 0 Å². The van der Waals surface area contributed by atoms with Crippen molar-refractivity contribution >= 4 is 10.9 Å². The number of fused-ring (bicyclic) bond motifs is 1. The van der Waals surface area contributed by atoms with Crippen LogP contribution in [0.3, 0.4) is 0 Å². The number of aromatic nitrogens is 3. The van der Waals surface area contributed by atoms with E-state index in [9.17, 15) is 4.79 Å². The van der Waals surface area contributed by atoms with Crippen molar-refractivity contribution in [3.8, 4) is 11.1 Å². The van der Waals surface area contributed by atoms with E-state index in [1.54, 1.807) is 12.4 Å². The summed E-state index contributed by atoms with van der Waals surface area (Å²) in [6.07, 6.45) is 5.61. The third-order valence-electron chi connectivity index (χ3n) is 6.20. The largest absolute Gasteiger partial charge is 0.309 e. The van der Waals surface area contributed by atoms with Crippen LogP contribution < -0.4 is 10.9 Å². The molecule has 0 radical (unpaired) electrons. The molecule has 1 aromatic carbocycles. The van der Waals surface area contributed by atoms with Gasteiger partial charge in [0.2, 0.25) is 0 Å². The highest BCUT2D eigenvalue weighted by Crippen LogP contribution is 2.28. The number of hydrogen-bond acceptors (Lipinski definition) is 5. The van der Waals surface area contributed by atoms with Crippen LogP contribution in [0.5, 0.6) is 0 Å². The first kappa shape index (κ1) is 21.7. The number of nitrogens with zero attached hydrogens (tertiary/aromatic N) is 4. The number of pyridine rings is 1. The summed E-state index contributed by atoms with van der Waals surface area (Å²) < 4.78 is 1.88. The van der Waals surface area contributed by atoms with Gasteiger partial charge in [0.05, 0.1) is 16.9 Å². The maximum atomic E-state index is 13.4. The maximum Gasteiger partial charge on any atom is 0.261 e. The average Bonchev–Trinajstić information content (AvgIpc) is 2.77. The van der Waals surface area contributed by atoms with Gasteiger partial charge in [0.25, 0.3) is 5.56 Å². The third kappa shape index (κ3) is 4.41. The zero-order valence-electron chi connectivity index (χ0n) is 19.0. The van der Waals surface area contributed by atoms with E-state index in [2.05, 4.69) is 36.0 Å². The molecule has 164 valence electrons. The Morgan fingerprint density at radius 1 is 1.06 bits per heavy atom. The third-order valence-corrected chi connectivity index (χ3v) is 6.20. The van der Waals surface area contributed by atoms with Crippen LogP contribution in [0.15, 0.2) is 47.5 Å². The van der Waals surface area contributed by atoms with Gasteiger partial charge in [0, 0.05) is 44.1 Å². The zero-order chi connectivity index (χ0) is 22.0. The zero-order valence-corrected chi connectivity index (χ0v) is 19.0. The summed E-state index contributed by atoms with van der Waals surface area (Å²) in [5, 5.41) is 4.30. The quantitative estimate of drug-likeness (QED) is 0.654. The van der Waals surface area contributed by atoms with E-state index in [4.69, 9.17) is 4.98 Å². The maximum absolute atomic E-state index is 13.4. The van der Waals surface area contributed by atoms with Crippen molar-refractivity contribution in [2.45, 2.75) is 65.2 Å². The molecule has 6 nitrogen and oxygen atoms in total. The summed E-state index contributed by atoms with van der Waals surface area (Å²) in [5.41, 5.74) is 2.96. The second-order valence-corrected chi connectivity index (χ2v) is 8.71. The molecule has 1 aliphatic rings. The molecule has 1 aliphatic heterocycles. The molecule has 1 N–H and O–H groups in total. The first-order chi connectivity index (χ1) is 15.0. The molecule has 2 aromatic heterocycles. The lowest BCUT2D eigenvalue weighted by atomic mass is 10.0. The predicted molar refractivity (Wildman–Crippen MR) is 126 cm³/mol. The fraction of sp³-hybridized carbons (Fsp3) is 0.480. The fourth-order valence-electron chi connectivity index (χ4n) is 4.89. The monoisotopic (exact) mass is 419 g/mol. The van der Waals surface area contributed by atoms with Gasteiger partial charge in [-0.1, -0.05) is 19.4 Å². The Hall–Kier alpha value is -2.57. The Kier molecular flexibility index (Phi) is 6.49. The van der Waals surface area contributed by atoms with Crippen LogP contribution in [0.1, 0.15) is 52.4 Å². The molecule has 3 aromatic rings. The van der Waals surface area contributed by atoms with Crippen molar-refractivity contribution < 1.29 is 0 Å². The number of nitrogens with one attached hydrogen (secondary N) is 1. The van der Waals surface area contributed by atoms with E-state index in [1.807, 2.05) is 41.8 Å². The lowest BCUT2D eigenvalue weighted by Gasteiger charge is -2.41. The predicted octanol–water partition coefficient (Wildman–Crippen LogP) is 4.00. The van der Waals surface area contributed by atoms with Gasteiger partial charge in [0.1, 0.15) is 5.82 Å². The van der Waals surface area contributed by atoms with Gasteiger partial charge in [-0.25, -0.2) is 4.98 Å². The lowest BCUT2D eigenvalue weighted by Crippen LogP contribution is -2.55. The summed E-state index contributed by atoms with van der Waals surface area (Å²) in [6.45, 7) is 11.3. The minimum Gasteiger partial charge on any atom is -0.309 e. The van der Waals surface area contributed by atoms with Crippen LogP contribution in [0, 0.1) is 0 Å². The van der Waals surface area contributed by atoms with Crippen molar-refractivity contribution in [2.24, 2.45) is 0 Å². The molecule has 0 spiro atoms. The number of piperazine rings is 1. The first-order valence-corrected chi connectivity index (χ1v) is 11.5. The Balaban J connectivity index is 1.85. The van der Waals surface area contributed by atoms with Crippen molar-refractivity contribution in [1.82, 2.24) is 24.8 Å². The lowest BCUT2D eigenvalue weighted by molar-refractivity contribution is 0.109. The molecule has 0 bridgehead atoms. The van der Waals surface area contributed by atoms with Gasteiger partial charge in [-0.2, -0.15) is 0 Å². The highest BCUT2D eigenvalue weighted by Gasteiger charge is 2.30. The topological polar surface area (TPSA) is 63.1 Å². The minimum atomic E-state index is 0.0566. The standard InChI is InChI=1S/C25H33N5O/c1-5-7-23(29-15-17(3)27-18(4)16-29)24-28-22-14-20(19-10-12-26-13-11-19)8-9-21(22)25(31)30(24)6-2/h8-14,17-18,23,27H,5-7,15-16H2,1-4H3/t17-,18+,23?. The molecule has 0 saturated carbocycles. The van der Waals surface area contributed by atoms with E-state index < -0.39 is 0 Å². The van der Waals surface area contributed by atoms with Gasteiger partial charge in [0.15, 0.2) is 0 Å². The van der Waals surface area contributed by atoms with E-state index in [-0.39, 0.29) is 11.6 Å². The Labute approximate surface area is 184 Å². The molecule has 1 unspecified atom stereocenters. The van der Waals surface area contributed by atoms with Gasteiger partial charge in [-0.15, -0.1) is 0 Å². The van der Waals surface area contributed by atoms with Crippen molar-refractivity contribution in [3.05, 3.63) is 58.9 Å². The summed E-state index contributed by atoms with van der Waals surface area (Å²) in [7, 11) is 0. The van der Waals surface area contributed by atoms with Crippen LogP contribution in [-0.2, 0) is 6.54 Å². The Morgan fingerprint density at radius 3 is 2.42 bits per heavy atom. The number of rotatable bonds is 6. The van der Waals surface area contributed by atoms with Crippen LogP contribution in [0.4, 0.5) is 0 Å². The SMILES string of the molecule is CCCC(c1nc2cc(-c3ccncc3)ccc2c(=O)n1CC)N1C[C@@H](C)N[C@@H](C)C1. The van der Waals surface area contributed by atoms with Gasteiger partial charge < -0.3 is 5.32 Å². The molecule has 4 rings (SSSR count). The van der Waals surface area contributed by atoms with Gasteiger partial charge >= 0.3 is 0 Å². The van der Waals surface area contributed by atoms with Crippen LogP contribution in [-0.4, -0.2) is 44.6 Å². The molecule has 3 atom stereocenters. The molecular formula is C25H33N5O. The Morgan fingerprint density at radius 2 is 1.77 bits per heavy atom. The molecule has 3 heterocycles. The molecule has 6 heteroatoms. The van der Waals surface area contributed by atoms with Crippen LogP contribution in [0.2, 0.25) is 0 Å². The molecule has 0 amide bonds. The summed E-state index contributed by atoms with van der Waals surface area (Å²) >= 11 is 0. The fourth-order valence-corrected chi connectivity index (χ4v) is 4.89. The molecule has 1 saturated heterocycles. The highest BCUT2D eigenvalue weighted by molar-refractivity contribution is 5.83. The molecule has 1 fully saturated rings. The first-order valence-electron chi connectivity index (χ1n) is 11.5. The normalized spacial score (nSPS) is 20.8. The molecule has 31 heavy (non-hydrogen) atoms. The summed E-state index contributed by atoms with van der Waals surface area (Å²) in [6, 6.07) is 10.9. The second-order valence-electron chi connectivity index (χ2n) is 8.71. The van der Waals surface area contributed by atoms with E-state index in [1.165, 1.54) is 0 Å². The Bertz CT molecular complexity index is 1080. The highest BCUT2D eigenvalue weighted by atomic mass is 16.1. The van der Waals surface area contributed by atoms with Gasteiger partial charge in [-0.05, 0) is 62.6 Å². The summed E-state index contributed by atoms with van der Waals surface area (Å²) in [4.78, 5) is 25.2. The van der Waals surface area contributed by atoms with E-state index in [0.717, 1.165) is 48.4 Å². The van der Waals surface area contributed by atoms with Crippen molar-refractivity contribution in [3.63, 3.8) is 0 Å². The van der Waals surface area contributed by atoms with Gasteiger partial charge in [-0.3, -0.25) is 19.2 Å². The summed E-state index contributed by atoms with van der Waals surface area (Å²) in [5.74, 6) is 0.898. The molecule has 0 aliphatic carbocycles. The minimum absolute atomic E-state index is 0.0566. The second kappa shape index (κ2) is 9.28. The molecular weight excluding hydrogens is 386 g/mol. The average molecular weight is 420 g/mol. The van der Waals surface area contributed by atoms with Crippen molar-refractivity contribution in [1.29, 1.82) is 0 Å². The van der Waals surface area contributed by atoms with E-state index in [0.29, 0.717) is 24.0 Å². The van der Waals surface area contributed by atoms with Crippen molar-refractivity contribution in [2.75, 3.05) is 13.1 Å².